The molecule has 0 fully saturated rings. The van der Waals surface area contributed by atoms with Crippen molar-refractivity contribution in [3.63, 3.8) is 0 Å². The number of benzene rings is 1. The normalized spacial score (nSPS) is 12.0. The summed E-state index contributed by atoms with van der Waals surface area (Å²) < 4.78 is 5.29. The molecule has 1 amide bonds. The minimum Gasteiger partial charge on any atom is -0.462 e. The van der Waals surface area contributed by atoms with Crippen LogP contribution in [-0.2, 0) is 11.3 Å². The van der Waals surface area contributed by atoms with Crippen molar-refractivity contribution in [2.45, 2.75) is 19.1 Å². The first kappa shape index (κ1) is 15.5. The lowest BCUT2D eigenvalue weighted by Gasteiger charge is -2.10. The second kappa shape index (κ2) is 7.21. The Bertz CT molecular complexity index is 753. The minimum atomic E-state index is -0.801. The molecule has 3 rings (SSSR count). The van der Waals surface area contributed by atoms with Gasteiger partial charge in [0.2, 0.25) is 5.91 Å². The van der Waals surface area contributed by atoms with E-state index in [4.69, 9.17) is 4.42 Å². The van der Waals surface area contributed by atoms with Gasteiger partial charge < -0.3 is 14.8 Å². The maximum absolute atomic E-state index is 11.9. The van der Waals surface area contributed by atoms with Gasteiger partial charge in [0.05, 0.1) is 31.0 Å². The van der Waals surface area contributed by atoms with E-state index in [2.05, 4.69) is 10.3 Å². The van der Waals surface area contributed by atoms with Gasteiger partial charge in [0, 0.05) is 5.38 Å². The third kappa shape index (κ3) is 4.06. The second-order valence-corrected chi connectivity index (χ2v) is 5.89. The molecule has 118 valence electrons. The molecule has 0 radical (unpaired) electrons. The largest absolute Gasteiger partial charge is 0.462 e. The van der Waals surface area contributed by atoms with Gasteiger partial charge in [0.25, 0.3) is 0 Å². The maximum atomic E-state index is 11.9. The van der Waals surface area contributed by atoms with E-state index in [9.17, 15) is 9.90 Å². The highest BCUT2D eigenvalue weighted by Crippen LogP contribution is 2.23. The summed E-state index contributed by atoms with van der Waals surface area (Å²) >= 11 is 1.46. The number of thiazole rings is 1. The smallest absolute Gasteiger partial charge is 0.223 e. The molecule has 0 aliphatic heterocycles. The molecule has 1 aromatic carbocycles. The molecule has 0 aliphatic rings. The van der Waals surface area contributed by atoms with Gasteiger partial charge in [0.1, 0.15) is 0 Å². The summed E-state index contributed by atoms with van der Waals surface area (Å²) in [7, 11) is 0. The van der Waals surface area contributed by atoms with Crippen molar-refractivity contribution in [2.75, 3.05) is 0 Å². The molecule has 3 aromatic rings. The summed E-state index contributed by atoms with van der Waals surface area (Å²) in [6.45, 7) is 0.331. The lowest BCUT2D eigenvalue weighted by Crippen LogP contribution is -2.24. The highest BCUT2D eigenvalue weighted by molar-refractivity contribution is 7.13. The van der Waals surface area contributed by atoms with E-state index >= 15 is 0 Å². The van der Waals surface area contributed by atoms with Crippen molar-refractivity contribution < 1.29 is 14.3 Å². The average molecular weight is 328 g/mol. The van der Waals surface area contributed by atoms with Gasteiger partial charge in [-0.05, 0) is 17.7 Å². The first-order valence-electron chi connectivity index (χ1n) is 7.20. The fraction of sp³-hybridized carbons (Fsp3) is 0.176. The number of amides is 1. The molecule has 0 bridgehead atoms. The number of aliphatic hydroxyl groups excluding tert-OH is 1. The summed E-state index contributed by atoms with van der Waals surface area (Å²) in [6, 6.07) is 12.8. The number of rotatable bonds is 6. The summed E-state index contributed by atoms with van der Waals surface area (Å²) in [5, 5.41) is 15.5. The van der Waals surface area contributed by atoms with Crippen LogP contribution in [0.15, 0.2) is 58.5 Å². The average Bonchev–Trinajstić information content (AvgIpc) is 3.25. The monoisotopic (exact) mass is 328 g/mol. The minimum absolute atomic E-state index is 0.0270. The molecular formula is C17H16N2O3S. The number of carbonyl (C=O) groups is 1. The van der Waals surface area contributed by atoms with Crippen molar-refractivity contribution in [1.82, 2.24) is 10.3 Å². The second-order valence-electron chi connectivity index (χ2n) is 5.03. The Morgan fingerprint density at radius 1 is 1.26 bits per heavy atom. The molecule has 2 heterocycles. The third-order valence-corrected chi connectivity index (χ3v) is 4.22. The third-order valence-electron chi connectivity index (χ3n) is 3.31. The van der Waals surface area contributed by atoms with Crippen LogP contribution in [-0.4, -0.2) is 16.0 Å². The van der Waals surface area contributed by atoms with Crippen molar-refractivity contribution in [3.05, 3.63) is 65.4 Å². The Kier molecular flexibility index (Phi) is 4.85. The molecule has 0 saturated carbocycles. The van der Waals surface area contributed by atoms with Crippen molar-refractivity contribution in [3.8, 4) is 10.8 Å². The SMILES string of the molecule is O=C(CC(O)c1ccccc1)NCc1csc(-c2ccco2)n1. The Labute approximate surface area is 137 Å². The van der Waals surface area contributed by atoms with E-state index in [1.165, 1.54) is 11.3 Å². The van der Waals surface area contributed by atoms with Crippen molar-refractivity contribution >= 4 is 17.2 Å². The van der Waals surface area contributed by atoms with Crippen LogP contribution in [0.2, 0.25) is 0 Å². The van der Waals surface area contributed by atoms with Crippen LogP contribution < -0.4 is 5.32 Å². The summed E-state index contributed by atoms with van der Waals surface area (Å²) in [5.74, 6) is 0.501. The van der Waals surface area contributed by atoms with Crippen molar-refractivity contribution in [2.24, 2.45) is 0 Å². The van der Waals surface area contributed by atoms with Gasteiger partial charge in [-0.1, -0.05) is 30.3 Å². The van der Waals surface area contributed by atoms with E-state index in [1.807, 2.05) is 35.7 Å². The Hall–Kier alpha value is -2.44. The van der Waals surface area contributed by atoms with Gasteiger partial charge in [-0.25, -0.2) is 4.98 Å². The number of carbonyl (C=O) groups excluding carboxylic acids is 1. The standard InChI is InChI=1S/C17H16N2O3S/c20-14(12-5-2-1-3-6-12)9-16(21)18-10-13-11-23-17(19-13)15-7-4-8-22-15/h1-8,11,14,20H,9-10H2,(H,18,21). The van der Waals surface area contributed by atoms with Crippen LogP contribution in [0.1, 0.15) is 23.8 Å². The summed E-state index contributed by atoms with van der Waals surface area (Å²) in [6.07, 6.45) is 0.827. The molecule has 0 aliphatic carbocycles. The zero-order chi connectivity index (χ0) is 16.1. The van der Waals surface area contributed by atoms with Crippen LogP contribution in [0.5, 0.6) is 0 Å². The van der Waals surface area contributed by atoms with Crippen molar-refractivity contribution in [1.29, 1.82) is 0 Å². The first-order valence-corrected chi connectivity index (χ1v) is 8.08. The topological polar surface area (TPSA) is 75.4 Å². The fourth-order valence-electron chi connectivity index (χ4n) is 2.13. The lowest BCUT2D eigenvalue weighted by atomic mass is 10.1. The molecule has 0 spiro atoms. The quantitative estimate of drug-likeness (QED) is 0.729. The van der Waals surface area contributed by atoms with E-state index in [0.29, 0.717) is 12.3 Å². The number of hydrogen-bond acceptors (Lipinski definition) is 5. The lowest BCUT2D eigenvalue weighted by molar-refractivity contribution is -0.123. The van der Waals surface area contributed by atoms with E-state index in [1.54, 1.807) is 18.4 Å². The molecule has 5 nitrogen and oxygen atoms in total. The molecule has 1 unspecified atom stereocenters. The number of aromatic nitrogens is 1. The molecule has 2 N–H and O–H groups in total. The molecule has 6 heteroatoms. The Morgan fingerprint density at radius 3 is 2.83 bits per heavy atom. The zero-order valence-electron chi connectivity index (χ0n) is 12.3. The number of hydrogen-bond donors (Lipinski definition) is 2. The highest BCUT2D eigenvalue weighted by Gasteiger charge is 2.13. The molecule has 23 heavy (non-hydrogen) atoms. The molecule has 2 aromatic heterocycles. The van der Waals surface area contributed by atoms with Gasteiger partial charge >= 0.3 is 0 Å². The van der Waals surface area contributed by atoms with Gasteiger partial charge in [-0.3, -0.25) is 4.79 Å². The van der Waals surface area contributed by atoms with Crippen LogP contribution >= 0.6 is 11.3 Å². The highest BCUT2D eigenvalue weighted by atomic mass is 32.1. The Morgan fingerprint density at radius 2 is 2.09 bits per heavy atom. The predicted octanol–water partition coefficient (Wildman–Crippen LogP) is 3.14. The Balaban J connectivity index is 1.51. The van der Waals surface area contributed by atoms with Crippen LogP contribution in [0.3, 0.4) is 0 Å². The van der Waals surface area contributed by atoms with E-state index < -0.39 is 6.10 Å². The molecule has 0 saturated heterocycles. The van der Waals surface area contributed by atoms with Crippen LogP contribution in [0, 0.1) is 0 Å². The molecular weight excluding hydrogens is 312 g/mol. The van der Waals surface area contributed by atoms with Gasteiger partial charge in [-0.2, -0.15) is 0 Å². The molecule has 1 atom stereocenters. The number of nitrogens with one attached hydrogen (secondary N) is 1. The summed E-state index contributed by atoms with van der Waals surface area (Å²) in [4.78, 5) is 16.3. The first-order chi connectivity index (χ1) is 11.2. The van der Waals surface area contributed by atoms with Crippen LogP contribution in [0.4, 0.5) is 0 Å². The fourth-order valence-corrected chi connectivity index (χ4v) is 2.92. The number of furan rings is 1. The number of nitrogens with zero attached hydrogens (tertiary/aromatic N) is 1. The van der Waals surface area contributed by atoms with E-state index in [0.717, 1.165) is 16.3 Å². The summed E-state index contributed by atoms with van der Waals surface area (Å²) in [5.41, 5.74) is 1.50. The van der Waals surface area contributed by atoms with E-state index in [-0.39, 0.29) is 12.3 Å². The number of aliphatic hydroxyl groups is 1. The van der Waals surface area contributed by atoms with Crippen LogP contribution in [0.25, 0.3) is 10.8 Å². The zero-order valence-corrected chi connectivity index (χ0v) is 13.1. The van der Waals surface area contributed by atoms with Gasteiger partial charge in [0.15, 0.2) is 10.8 Å². The predicted molar refractivity (Wildman–Crippen MR) is 87.7 cm³/mol. The van der Waals surface area contributed by atoms with Gasteiger partial charge in [-0.15, -0.1) is 11.3 Å². The maximum Gasteiger partial charge on any atom is 0.223 e.